The molecule has 4 nitrogen and oxygen atoms in total. The van der Waals surface area contributed by atoms with Crippen LogP contribution in [0.5, 0.6) is 0 Å². The van der Waals surface area contributed by atoms with Crippen molar-refractivity contribution in [1.82, 2.24) is 14.9 Å². The largest absolute Gasteiger partial charge is 0.353 e. The number of nitrogens with one attached hydrogen (secondary N) is 1. The van der Waals surface area contributed by atoms with Crippen LogP contribution in [0.4, 0.5) is 0 Å². The number of amides is 1. The van der Waals surface area contributed by atoms with Crippen LogP contribution in [0, 0.1) is 0 Å². The van der Waals surface area contributed by atoms with E-state index in [2.05, 4.69) is 29.2 Å². The monoisotopic (exact) mass is 317 g/mol. The van der Waals surface area contributed by atoms with E-state index in [4.69, 9.17) is 0 Å². The van der Waals surface area contributed by atoms with Crippen molar-refractivity contribution in [3.05, 3.63) is 73.6 Å². The minimum atomic E-state index is -0.0874. The van der Waals surface area contributed by atoms with Crippen LogP contribution in [0.15, 0.2) is 67.9 Å². The molecule has 1 N–H and O–H groups in total. The summed E-state index contributed by atoms with van der Waals surface area (Å²) in [5.74, 6) is -0.0874. The molecule has 3 rings (SSSR count). The summed E-state index contributed by atoms with van der Waals surface area (Å²) in [7, 11) is 0. The summed E-state index contributed by atoms with van der Waals surface area (Å²) in [6, 6.07) is 10.1. The van der Waals surface area contributed by atoms with Crippen molar-refractivity contribution in [2.45, 2.75) is 0 Å². The second-order valence-electron chi connectivity index (χ2n) is 5.48. The van der Waals surface area contributed by atoms with Gasteiger partial charge in [-0.25, -0.2) is 0 Å². The first-order chi connectivity index (χ1) is 11.7. The third kappa shape index (κ3) is 3.13. The molecule has 4 heteroatoms. The van der Waals surface area contributed by atoms with Crippen LogP contribution in [0.3, 0.4) is 0 Å². The van der Waals surface area contributed by atoms with Crippen molar-refractivity contribution < 1.29 is 4.79 Å². The molecule has 120 valence electrons. The first-order valence-electron chi connectivity index (χ1n) is 7.78. The topological polar surface area (TPSA) is 49.0 Å². The summed E-state index contributed by atoms with van der Waals surface area (Å²) in [6.45, 7) is 8.33. The molecule has 2 aromatic heterocycles. The van der Waals surface area contributed by atoms with Crippen LogP contribution in [-0.4, -0.2) is 33.9 Å². The lowest BCUT2D eigenvalue weighted by atomic mass is 10.1. The first-order valence-corrected chi connectivity index (χ1v) is 7.78. The van der Waals surface area contributed by atoms with Crippen LogP contribution in [0.2, 0.25) is 0 Å². The zero-order valence-electron chi connectivity index (χ0n) is 13.4. The Balaban J connectivity index is 1.89. The van der Waals surface area contributed by atoms with Crippen LogP contribution in [0.1, 0.15) is 5.69 Å². The zero-order valence-corrected chi connectivity index (χ0v) is 13.4. The van der Waals surface area contributed by atoms with E-state index < -0.39 is 0 Å². The maximum Gasteiger partial charge on any atom is 0.247 e. The molecule has 1 amide bonds. The Hall–Kier alpha value is -3.14. The van der Waals surface area contributed by atoms with Crippen molar-refractivity contribution in [2.24, 2.45) is 0 Å². The second-order valence-corrected chi connectivity index (χ2v) is 5.48. The van der Waals surface area contributed by atoms with Crippen molar-refractivity contribution in [1.29, 1.82) is 0 Å². The molecule has 0 unspecified atom stereocenters. The maximum absolute atomic E-state index is 12.2. The highest BCUT2D eigenvalue weighted by Crippen LogP contribution is 2.25. The molecule has 2 heterocycles. The Kier molecular flexibility index (Phi) is 4.57. The Labute approximate surface area is 140 Å². The summed E-state index contributed by atoms with van der Waals surface area (Å²) in [5, 5.41) is 2.25. The van der Waals surface area contributed by atoms with Gasteiger partial charge in [0.25, 0.3) is 0 Å². The smallest absolute Gasteiger partial charge is 0.247 e. The molecule has 1 aromatic carbocycles. The van der Waals surface area contributed by atoms with Gasteiger partial charge in [0.05, 0.1) is 17.4 Å². The van der Waals surface area contributed by atoms with E-state index in [1.165, 1.54) is 6.08 Å². The molecular weight excluding hydrogens is 298 g/mol. The second kappa shape index (κ2) is 6.96. The highest BCUT2D eigenvalue weighted by molar-refractivity contribution is 6.07. The van der Waals surface area contributed by atoms with E-state index in [1.807, 2.05) is 24.3 Å². The van der Waals surface area contributed by atoms with Crippen molar-refractivity contribution >= 4 is 33.8 Å². The molecule has 0 saturated heterocycles. The average Bonchev–Trinajstić information content (AvgIpc) is 2.97. The molecule has 0 aliphatic heterocycles. The van der Waals surface area contributed by atoms with E-state index in [1.54, 1.807) is 29.3 Å². The zero-order chi connectivity index (χ0) is 16.9. The van der Waals surface area contributed by atoms with Gasteiger partial charge >= 0.3 is 0 Å². The van der Waals surface area contributed by atoms with Gasteiger partial charge in [0, 0.05) is 35.5 Å². The van der Waals surface area contributed by atoms with Crippen LogP contribution >= 0.6 is 0 Å². The molecule has 0 saturated carbocycles. The van der Waals surface area contributed by atoms with E-state index >= 15 is 0 Å². The number of carbonyl (C=O) groups is 1. The lowest BCUT2D eigenvalue weighted by molar-refractivity contribution is -0.124. The minimum absolute atomic E-state index is 0.0874. The Bertz CT molecular complexity index is 926. The van der Waals surface area contributed by atoms with Crippen LogP contribution < -0.4 is 0 Å². The van der Waals surface area contributed by atoms with Crippen LogP contribution in [-0.2, 0) is 4.79 Å². The minimum Gasteiger partial charge on any atom is -0.353 e. The van der Waals surface area contributed by atoms with Gasteiger partial charge in [-0.15, -0.1) is 13.2 Å². The lowest BCUT2D eigenvalue weighted by Gasteiger charge is -2.16. The van der Waals surface area contributed by atoms with E-state index in [-0.39, 0.29) is 5.91 Å². The van der Waals surface area contributed by atoms with Gasteiger partial charge in [-0.05, 0) is 18.2 Å². The fourth-order valence-electron chi connectivity index (χ4n) is 2.69. The fourth-order valence-corrected chi connectivity index (χ4v) is 2.69. The van der Waals surface area contributed by atoms with Crippen LogP contribution in [0.25, 0.3) is 27.9 Å². The number of hydrogen-bond donors (Lipinski definition) is 1. The average molecular weight is 317 g/mol. The van der Waals surface area contributed by atoms with Gasteiger partial charge in [0.15, 0.2) is 0 Å². The van der Waals surface area contributed by atoms with Crippen molar-refractivity contribution in [2.75, 3.05) is 13.1 Å². The summed E-state index contributed by atoms with van der Waals surface area (Å²) in [4.78, 5) is 21.6. The fraction of sp³-hybridized carbons (Fsp3) is 0.100. The molecule has 0 radical (unpaired) electrons. The normalized spacial score (nSPS) is 11.2. The third-order valence-corrected chi connectivity index (χ3v) is 3.82. The molecular formula is C20H19N3O. The Morgan fingerprint density at radius 3 is 2.62 bits per heavy atom. The van der Waals surface area contributed by atoms with E-state index in [0.717, 1.165) is 27.5 Å². The molecule has 0 aliphatic rings. The molecule has 0 fully saturated rings. The number of benzene rings is 1. The molecule has 0 spiro atoms. The first kappa shape index (κ1) is 15.7. The molecule has 0 aliphatic carbocycles. The predicted molar refractivity (Wildman–Crippen MR) is 99.6 cm³/mol. The number of aromatic amines is 1. The standard InChI is InChI=1S/C20H19N3O/c1-3-11-23(12-4-2)20(24)10-9-15-13-17-16-7-5-6-8-18(16)22-19(17)14-21-15/h3-10,13-14,22H,1-2,11-12H2/b10-9+. The molecule has 0 atom stereocenters. The summed E-state index contributed by atoms with van der Waals surface area (Å²) in [6.07, 6.45) is 8.47. The Morgan fingerprint density at radius 2 is 1.88 bits per heavy atom. The van der Waals surface area contributed by atoms with E-state index in [0.29, 0.717) is 13.1 Å². The predicted octanol–water partition coefficient (Wildman–Crippen LogP) is 3.93. The molecule has 24 heavy (non-hydrogen) atoms. The molecule has 0 bridgehead atoms. The number of hydrogen-bond acceptors (Lipinski definition) is 2. The number of fused-ring (bicyclic) bond motifs is 3. The number of rotatable bonds is 6. The van der Waals surface area contributed by atoms with Gasteiger partial charge in [-0.2, -0.15) is 0 Å². The number of H-pyrrole nitrogens is 1. The van der Waals surface area contributed by atoms with Gasteiger partial charge in [-0.1, -0.05) is 30.4 Å². The number of pyridine rings is 1. The van der Waals surface area contributed by atoms with Gasteiger partial charge in [0.1, 0.15) is 0 Å². The number of aromatic nitrogens is 2. The van der Waals surface area contributed by atoms with Crippen molar-refractivity contribution in [3.63, 3.8) is 0 Å². The summed E-state index contributed by atoms with van der Waals surface area (Å²) in [5.41, 5.74) is 2.81. The SMILES string of the molecule is C=CCN(CC=C)C(=O)/C=C/c1cc2c(cn1)[nH]c1ccccc12. The third-order valence-electron chi connectivity index (χ3n) is 3.82. The Morgan fingerprint density at radius 1 is 1.12 bits per heavy atom. The highest BCUT2D eigenvalue weighted by atomic mass is 16.2. The van der Waals surface area contributed by atoms with E-state index in [9.17, 15) is 4.79 Å². The van der Waals surface area contributed by atoms with Gasteiger partial charge in [0.2, 0.25) is 5.91 Å². The molecule has 3 aromatic rings. The summed E-state index contributed by atoms with van der Waals surface area (Å²) >= 11 is 0. The summed E-state index contributed by atoms with van der Waals surface area (Å²) < 4.78 is 0. The van der Waals surface area contributed by atoms with Gasteiger partial charge < -0.3 is 9.88 Å². The van der Waals surface area contributed by atoms with Crippen molar-refractivity contribution in [3.8, 4) is 0 Å². The number of carbonyl (C=O) groups excluding carboxylic acids is 1. The lowest BCUT2D eigenvalue weighted by Crippen LogP contribution is -2.29. The number of para-hydroxylation sites is 1. The maximum atomic E-state index is 12.2. The quantitative estimate of drug-likeness (QED) is 0.553. The number of nitrogens with zero attached hydrogens (tertiary/aromatic N) is 2. The highest BCUT2D eigenvalue weighted by Gasteiger charge is 2.07. The van der Waals surface area contributed by atoms with Gasteiger partial charge in [-0.3, -0.25) is 9.78 Å².